The van der Waals surface area contributed by atoms with E-state index in [-0.39, 0.29) is 11.8 Å². The summed E-state index contributed by atoms with van der Waals surface area (Å²) in [6.07, 6.45) is 0. The second-order valence-corrected chi connectivity index (χ2v) is 3.94. The number of hydrogen-bond acceptors (Lipinski definition) is 2. The van der Waals surface area contributed by atoms with Crippen LogP contribution >= 0.6 is 0 Å². The van der Waals surface area contributed by atoms with Crippen LogP contribution in [0, 0.1) is 25.2 Å². The van der Waals surface area contributed by atoms with E-state index >= 15 is 0 Å². The Labute approximate surface area is 90.8 Å². The predicted molar refractivity (Wildman–Crippen MR) is 62.5 cm³/mol. The molecule has 0 saturated carbocycles. The van der Waals surface area contributed by atoms with Gasteiger partial charge >= 0.3 is 0 Å². The van der Waals surface area contributed by atoms with Gasteiger partial charge in [-0.05, 0) is 25.5 Å². The Morgan fingerprint density at radius 1 is 1.47 bits per heavy atom. The minimum atomic E-state index is -0.0364. The number of aryl methyl sites for hydroxylation is 2. The first-order chi connectivity index (χ1) is 7.00. The molecule has 1 atom stereocenters. The van der Waals surface area contributed by atoms with Crippen LogP contribution in [0.1, 0.15) is 18.1 Å². The lowest BCUT2D eigenvalue weighted by Gasteiger charge is -2.13. The van der Waals surface area contributed by atoms with Crippen LogP contribution in [0.3, 0.4) is 0 Å². The Bertz CT molecular complexity index is 361. The van der Waals surface area contributed by atoms with Crippen molar-refractivity contribution in [1.29, 1.82) is 5.41 Å². The average molecular weight is 206 g/mol. The number of rotatable bonds is 4. The molecule has 1 aromatic carbocycles. The molecule has 0 fully saturated rings. The van der Waals surface area contributed by atoms with Crippen LogP contribution < -0.4 is 10.5 Å². The van der Waals surface area contributed by atoms with Gasteiger partial charge in [0.1, 0.15) is 5.75 Å². The van der Waals surface area contributed by atoms with Crippen LogP contribution in [0.5, 0.6) is 5.75 Å². The van der Waals surface area contributed by atoms with E-state index < -0.39 is 0 Å². The number of ether oxygens (including phenoxy) is 1. The van der Waals surface area contributed by atoms with Crippen molar-refractivity contribution in [3.05, 3.63) is 29.3 Å². The van der Waals surface area contributed by atoms with Crippen molar-refractivity contribution in [2.24, 2.45) is 11.7 Å². The number of amidine groups is 1. The molecule has 0 amide bonds. The summed E-state index contributed by atoms with van der Waals surface area (Å²) in [5.74, 6) is 0.999. The van der Waals surface area contributed by atoms with E-state index in [2.05, 4.69) is 13.0 Å². The fraction of sp³-hybridized carbons (Fsp3) is 0.417. The molecule has 3 N–H and O–H groups in total. The molecule has 0 aliphatic rings. The molecule has 15 heavy (non-hydrogen) atoms. The van der Waals surface area contributed by atoms with Crippen LogP contribution in [0.4, 0.5) is 0 Å². The lowest BCUT2D eigenvalue weighted by atomic mass is 10.1. The molecule has 0 aliphatic heterocycles. The summed E-state index contributed by atoms with van der Waals surface area (Å²) in [7, 11) is 0. The van der Waals surface area contributed by atoms with Gasteiger partial charge in [0.05, 0.1) is 12.4 Å². The van der Waals surface area contributed by atoms with Crippen LogP contribution in [-0.2, 0) is 0 Å². The summed E-state index contributed by atoms with van der Waals surface area (Å²) in [6, 6.07) is 6.05. The maximum absolute atomic E-state index is 7.25. The molecule has 82 valence electrons. The van der Waals surface area contributed by atoms with Gasteiger partial charge in [0.2, 0.25) is 0 Å². The van der Waals surface area contributed by atoms with Crippen molar-refractivity contribution >= 4 is 5.84 Å². The van der Waals surface area contributed by atoms with Crippen LogP contribution in [0.2, 0.25) is 0 Å². The quantitative estimate of drug-likeness (QED) is 0.586. The predicted octanol–water partition coefficient (Wildman–Crippen LogP) is 2.25. The summed E-state index contributed by atoms with van der Waals surface area (Å²) in [6.45, 7) is 6.40. The molecule has 0 heterocycles. The molecule has 0 radical (unpaired) electrons. The van der Waals surface area contributed by atoms with E-state index in [1.165, 1.54) is 5.56 Å². The lowest BCUT2D eigenvalue weighted by molar-refractivity contribution is 0.290. The van der Waals surface area contributed by atoms with Crippen molar-refractivity contribution in [3.63, 3.8) is 0 Å². The number of nitrogens with two attached hydrogens (primary N) is 1. The fourth-order valence-electron chi connectivity index (χ4n) is 1.27. The SMILES string of the molecule is Cc1ccc(OCC(C)C(=N)N)c(C)c1. The highest BCUT2D eigenvalue weighted by molar-refractivity contribution is 5.79. The Balaban J connectivity index is 2.62. The Morgan fingerprint density at radius 2 is 2.13 bits per heavy atom. The van der Waals surface area contributed by atoms with E-state index in [4.69, 9.17) is 15.9 Å². The minimum Gasteiger partial charge on any atom is -0.493 e. The molecule has 3 nitrogen and oxygen atoms in total. The smallest absolute Gasteiger partial charge is 0.122 e. The van der Waals surface area contributed by atoms with Gasteiger partial charge in [0.15, 0.2) is 0 Å². The highest BCUT2D eigenvalue weighted by Gasteiger charge is 2.07. The zero-order valence-electron chi connectivity index (χ0n) is 9.50. The van der Waals surface area contributed by atoms with E-state index in [1.807, 2.05) is 26.0 Å². The van der Waals surface area contributed by atoms with Crippen molar-refractivity contribution in [2.75, 3.05) is 6.61 Å². The van der Waals surface area contributed by atoms with Gasteiger partial charge in [-0.25, -0.2) is 0 Å². The van der Waals surface area contributed by atoms with Gasteiger partial charge in [0.25, 0.3) is 0 Å². The van der Waals surface area contributed by atoms with Crippen molar-refractivity contribution in [3.8, 4) is 5.75 Å². The topological polar surface area (TPSA) is 59.1 Å². The van der Waals surface area contributed by atoms with Crippen LogP contribution in [0.15, 0.2) is 18.2 Å². The third-order valence-corrected chi connectivity index (χ3v) is 2.35. The molecular formula is C12H18N2O. The van der Waals surface area contributed by atoms with Gasteiger partial charge in [-0.3, -0.25) is 5.41 Å². The van der Waals surface area contributed by atoms with Crippen LogP contribution in [0.25, 0.3) is 0 Å². The number of hydrogen-bond donors (Lipinski definition) is 2. The van der Waals surface area contributed by atoms with Gasteiger partial charge in [-0.15, -0.1) is 0 Å². The number of benzene rings is 1. The van der Waals surface area contributed by atoms with Crippen LogP contribution in [-0.4, -0.2) is 12.4 Å². The molecule has 1 rings (SSSR count). The first-order valence-electron chi connectivity index (χ1n) is 5.04. The molecule has 0 aromatic heterocycles. The van der Waals surface area contributed by atoms with E-state index in [1.54, 1.807) is 0 Å². The third kappa shape index (κ3) is 3.27. The molecule has 1 unspecified atom stereocenters. The van der Waals surface area contributed by atoms with E-state index in [0.717, 1.165) is 11.3 Å². The highest BCUT2D eigenvalue weighted by Crippen LogP contribution is 2.19. The molecule has 0 saturated heterocycles. The lowest BCUT2D eigenvalue weighted by Crippen LogP contribution is -2.25. The van der Waals surface area contributed by atoms with E-state index in [0.29, 0.717) is 6.61 Å². The Morgan fingerprint density at radius 3 is 2.67 bits per heavy atom. The Kier molecular flexibility index (Phi) is 3.72. The van der Waals surface area contributed by atoms with Gasteiger partial charge in [0, 0.05) is 5.92 Å². The summed E-state index contributed by atoms with van der Waals surface area (Å²) in [5, 5.41) is 7.25. The molecule has 0 spiro atoms. The van der Waals surface area contributed by atoms with E-state index in [9.17, 15) is 0 Å². The van der Waals surface area contributed by atoms with Gasteiger partial charge in [-0.1, -0.05) is 24.6 Å². The highest BCUT2D eigenvalue weighted by atomic mass is 16.5. The second-order valence-electron chi connectivity index (χ2n) is 3.94. The minimum absolute atomic E-state index is 0.0364. The fourth-order valence-corrected chi connectivity index (χ4v) is 1.27. The zero-order valence-corrected chi connectivity index (χ0v) is 9.50. The Hall–Kier alpha value is -1.51. The summed E-state index contributed by atoms with van der Waals surface area (Å²) < 4.78 is 5.59. The normalized spacial score (nSPS) is 12.2. The molecule has 0 aliphatic carbocycles. The number of nitrogens with one attached hydrogen (secondary N) is 1. The maximum Gasteiger partial charge on any atom is 0.122 e. The van der Waals surface area contributed by atoms with Gasteiger partial charge in [-0.2, -0.15) is 0 Å². The first kappa shape index (κ1) is 11.6. The summed E-state index contributed by atoms with van der Waals surface area (Å²) in [4.78, 5) is 0. The molecule has 1 aromatic rings. The summed E-state index contributed by atoms with van der Waals surface area (Å²) in [5.41, 5.74) is 7.70. The first-order valence-corrected chi connectivity index (χ1v) is 5.04. The molecular weight excluding hydrogens is 188 g/mol. The van der Waals surface area contributed by atoms with Crippen molar-refractivity contribution in [1.82, 2.24) is 0 Å². The molecule has 0 bridgehead atoms. The monoisotopic (exact) mass is 206 g/mol. The standard InChI is InChI=1S/C12H18N2O/c1-8-4-5-11(9(2)6-8)15-7-10(3)12(13)14/h4-6,10H,7H2,1-3H3,(H3,13,14). The average Bonchev–Trinajstić information content (AvgIpc) is 2.15. The summed E-state index contributed by atoms with van der Waals surface area (Å²) >= 11 is 0. The zero-order chi connectivity index (χ0) is 11.4. The third-order valence-electron chi connectivity index (χ3n) is 2.35. The van der Waals surface area contributed by atoms with Crippen molar-refractivity contribution < 1.29 is 4.74 Å². The molecule has 3 heteroatoms. The van der Waals surface area contributed by atoms with Crippen molar-refractivity contribution in [2.45, 2.75) is 20.8 Å². The van der Waals surface area contributed by atoms with Gasteiger partial charge < -0.3 is 10.5 Å². The second kappa shape index (κ2) is 4.82. The maximum atomic E-state index is 7.25. The largest absolute Gasteiger partial charge is 0.493 e.